The van der Waals surface area contributed by atoms with Gasteiger partial charge in [0.05, 0.1) is 11.5 Å². The first kappa shape index (κ1) is 12.0. The highest BCUT2D eigenvalue weighted by Gasteiger charge is 2.58. The van der Waals surface area contributed by atoms with Gasteiger partial charge < -0.3 is 9.64 Å². The van der Waals surface area contributed by atoms with Crippen LogP contribution in [0.1, 0.15) is 18.4 Å². The summed E-state index contributed by atoms with van der Waals surface area (Å²) >= 11 is 0. The molecule has 4 nitrogen and oxygen atoms in total. The SMILES string of the molecule is N#CC12CC1CCN(C(=O)OCc1ccccc1)C2. The number of carbonyl (C=O) groups is 1. The molecule has 1 amide bonds. The molecule has 98 valence electrons. The van der Waals surface area contributed by atoms with E-state index in [9.17, 15) is 10.1 Å². The Labute approximate surface area is 112 Å². The molecule has 19 heavy (non-hydrogen) atoms. The number of likely N-dealkylation sites (tertiary alicyclic amines) is 1. The fraction of sp³-hybridized carbons (Fsp3) is 0.467. The summed E-state index contributed by atoms with van der Waals surface area (Å²) in [5.74, 6) is 0.496. The van der Waals surface area contributed by atoms with Crippen LogP contribution in [0.25, 0.3) is 0 Å². The summed E-state index contributed by atoms with van der Waals surface area (Å²) in [6.07, 6.45) is 1.56. The molecule has 1 aliphatic heterocycles. The Balaban J connectivity index is 1.55. The Morgan fingerprint density at radius 2 is 2.26 bits per heavy atom. The highest BCUT2D eigenvalue weighted by atomic mass is 16.6. The van der Waals surface area contributed by atoms with E-state index in [1.807, 2.05) is 30.3 Å². The molecule has 3 rings (SSSR count). The van der Waals surface area contributed by atoms with Crippen LogP contribution >= 0.6 is 0 Å². The topological polar surface area (TPSA) is 53.3 Å². The zero-order valence-corrected chi connectivity index (χ0v) is 10.7. The summed E-state index contributed by atoms with van der Waals surface area (Å²) in [6, 6.07) is 12.0. The van der Waals surface area contributed by atoms with Crippen LogP contribution < -0.4 is 0 Å². The summed E-state index contributed by atoms with van der Waals surface area (Å²) in [5.41, 5.74) is 0.705. The smallest absolute Gasteiger partial charge is 0.410 e. The van der Waals surface area contributed by atoms with Gasteiger partial charge in [0, 0.05) is 13.1 Å². The predicted molar refractivity (Wildman–Crippen MR) is 69.0 cm³/mol. The lowest BCUT2D eigenvalue weighted by molar-refractivity contribution is 0.0827. The zero-order chi connectivity index (χ0) is 13.3. The molecule has 1 saturated carbocycles. The number of fused-ring (bicyclic) bond motifs is 1. The van der Waals surface area contributed by atoms with Gasteiger partial charge in [0.15, 0.2) is 0 Å². The summed E-state index contributed by atoms with van der Waals surface area (Å²) in [7, 11) is 0. The number of nitrogens with zero attached hydrogens (tertiary/aromatic N) is 2. The number of amides is 1. The quantitative estimate of drug-likeness (QED) is 0.817. The van der Waals surface area contributed by atoms with E-state index < -0.39 is 0 Å². The van der Waals surface area contributed by atoms with Crippen LogP contribution in [0.4, 0.5) is 4.79 Å². The van der Waals surface area contributed by atoms with Crippen LogP contribution in [0.3, 0.4) is 0 Å². The molecule has 2 atom stereocenters. The number of carbonyl (C=O) groups excluding carboxylic acids is 1. The van der Waals surface area contributed by atoms with Gasteiger partial charge in [0.25, 0.3) is 0 Å². The molecule has 0 aromatic heterocycles. The van der Waals surface area contributed by atoms with Gasteiger partial charge in [-0.15, -0.1) is 0 Å². The van der Waals surface area contributed by atoms with Crippen LogP contribution in [0.5, 0.6) is 0 Å². The van der Waals surface area contributed by atoms with Crippen LogP contribution in [-0.4, -0.2) is 24.1 Å². The molecule has 0 spiro atoms. The largest absolute Gasteiger partial charge is 0.445 e. The number of rotatable bonds is 2. The van der Waals surface area contributed by atoms with Gasteiger partial charge in [-0.3, -0.25) is 0 Å². The third-order valence-electron chi connectivity index (χ3n) is 4.14. The lowest BCUT2D eigenvalue weighted by Crippen LogP contribution is -2.40. The van der Waals surface area contributed by atoms with Crippen molar-refractivity contribution in [1.29, 1.82) is 5.26 Å². The second-order valence-electron chi connectivity index (χ2n) is 5.42. The summed E-state index contributed by atoms with van der Waals surface area (Å²) in [4.78, 5) is 13.7. The number of nitriles is 1. The highest BCUT2D eigenvalue weighted by molar-refractivity contribution is 5.68. The number of piperidine rings is 1. The third kappa shape index (κ3) is 2.28. The van der Waals surface area contributed by atoms with Crippen molar-refractivity contribution >= 4 is 6.09 Å². The molecule has 2 fully saturated rings. The molecule has 1 heterocycles. The lowest BCUT2D eigenvalue weighted by Gasteiger charge is -2.28. The van der Waals surface area contributed by atoms with Crippen LogP contribution in [-0.2, 0) is 11.3 Å². The first-order chi connectivity index (χ1) is 9.23. The lowest BCUT2D eigenvalue weighted by atomic mass is 9.99. The van der Waals surface area contributed by atoms with Crippen LogP contribution in [0.15, 0.2) is 30.3 Å². The molecule has 2 aliphatic rings. The molecule has 2 unspecified atom stereocenters. The van der Waals surface area contributed by atoms with Crippen LogP contribution in [0, 0.1) is 22.7 Å². The molecular weight excluding hydrogens is 240 g/mol. The van der Waals surface area contributed by atoms with E-state index in [1.54, 1.807) is 4.90 Å². The Morgan fingerprint density at radius 3 is 3.00 bits per heavy atom. The Morgan fingerprint density at radius 1 is 1.47 bits per heavy atom. The van der Waals surface area contributed by atoms with Crippen molar-refractivity contribution in [3.8, 4) is 6.07 Å². The van der Waals surface area contributed by atoms with Crippen molar-refractivity contribution in [2.75, 3.05) is 13.1 Å². The minimum Gasteiger partial charge on any atom is -0.445 e. The Kier molecular flexibility index (Phi) is 2.90. The van der Waals surface area contributed by atoms with E-state index in [1.165, 1.54) is 0 Å². The van der Waals surface area contributed by atoms with Crippen molar-refractivity contribution in [2.24, 2.45) is 11.3 Å². The second-order valence-corrected chi connectivity index (χ2v) is 5.42. The predicted octanol–water partition coefficient (Wildman–Crippen LogP) is 2.56. The second kappa shape index (κ2) is 4.58. The van der Waals surface area contributed by atoms with E-state index in [4.69, 9.17) is 4.74 Å². The number of hydrogen-bond acceptors (Lipinski definition) is 3. The fourth-order valence-corrected chi connectivity index (χ4v) is 2.82. The first-order valence-corrected chi connectivity index (χ1v) is 6.60. The summed E-state index contributed by atoms with van der Waals surface area (Å²) in [5, 5.41) is 9.17. The monoisotopic (exact) mass is 256 g/mol. The van der Waals surface area contributed by atoms with Gasteiger partial charge in [0.2, 0.25) is 0 Å². The van der Waals surface area contributed by atoms with Gasteiger partial charge in [-0.25, -0.2) is 4.79 Å². The van der Waals surface area contributed by atoms with Crippen molar-refractivity contribution < 1.29 is 9.53 Å². The molecule has 0 N–H and O–H groups in total. The first-order valence-electron chi connectivity index (χ1n) is 6.60. The zero-order valence-electron chi connectivity index (χ0n) is 10.7. The van der Waals surface area contributed by atoms with Crippen molar-refractivity contribution in [3.63, 3.8) is 0 Å². The molecule has 0 bridgehead atoms. The molecule has 1 aromatic carbocycles. The number of ether oxygens (including phenoxy) is 1. The normalized spacial score (nSPS) is 28.2. The maximum atomic E-state index is 12.0. The van der Waals surface area contributed by atoms with Crippen molar-refractivity contribution in [1.82, 2.24) is 4.90 Å². The minimum absolute atomic E-state index is 0.274. The molecule has 4 heteroatoms. The highest BCUT2D eigenvalue weighted by Crippen LogP contribution is 2.56. The van der Waals surface area contributed by atoms with Gasteiger partial charge in [0.1, 0.15) is 6.61 Å². The minimum atomic E-state index is -0.302. The summed E-state index contributed by atoms with van der Waals surface area (Å²) in [6.45, 7) is 1.53. The van der Waals surface area contributed by atoms with Gasteiger partial charge in [-0.05, 0) is 24.3 Å². The Hall–Kier alpha value is -2.02. The maximum Gasteiger partial charge on any atom is 0.410 e. The van der Waals surface area contributed by atoms with E-state index in [2.05, 4.69) is 6.07 Å². The van der Waals surface area contributed by atoms with Crippen molar-refractivity contribution in [3.05, 3.63) is 35.9 Å². The van der Waals surface area contributed by atoms with Gasteiger partial charge in [-0.1, -0.05) is 30.3 Å². The summed E-state index contributed by atoms with van der Waals surface area (Å²) < 4.78 is 5.30. The average Bonchev–Trinajstić information content (AvgIpc) is 3.20. The van der Waals surface area contributed by atoms with Gasteiger partial charge >= 0.3 is 6.09 Å². The standard InChI is InChI=1S/C15H16N2O2/c16-10-15-8-13(15)6-7-17(11-15)14(18)19-9-12-4-2-1-3-5-12/h1-5,13H,6-9,11H2. The van der Waals surface area contributed by atoms with Crippen molar-refractivity contribution in [2.45, 2.75) is 19.4 Å². The van der Waals surface area contributed by atoms with Crippen LogP contribution in [0.2, 0.25) is 0 Å². The van der Waals surface area contributed by atoms with E-state index in [0.717, 1.165) is 18.4 Å². The van der Waals surface area contributed by atoms with E-state index >= 15 is 0 Å². The third-order valence-corrected chi connectivity index (χ3v) is 4.14. The molecule has 0 radical (unpaired) electrons. The molecule has 1 aromatic rings. The average molecular weight is 256 g/mol. The maximum absolute atomic E-state index is 12.0. The number of hydrogen-bond donors (Lipinski definition) is 0. The van der Waals surface area contributed by atoms with Gasteiger partial charge in [-0.2, -0.15) is 5.26 Å². The van der Waals surface area contributed by atoms with E-state index in [0.29, 0.717) is 25.6 Å². The van der Waals surface area contributed by atoms with E-state index in [-0.39, 0.29) is 11.5 Å². The fourth-order valence-electron chi connectivity index (χ4n) is 2.82. The number of benzene rings is 1. The molecule has 1 aliphatic carbocycles. The molecular formula is C15H16N2O2. The Bertz CT molecular complexity index is 523. The molecule has 1 saturated heterocycles.